The van der Waals surface area contributed by atoms with Crippen molar-refractivity contribution in [3.8, 4) is 0 Å². The van der Waals surface area contributed by atoms with Gasteiger partial charge in [-0.15, -0.1) is 0 Å². The molecule has 0 spiro atoms. The number of rotatable bonds is 5. The van der Waals surface area contributed by atoms with E-state index in [1.807, 2.05) is 24.3 Å². The number of carbonyl (C=O) groups excluding carboxylic acids is 1. The van der Waals surface area contributed by atoms with Gasteiger partial charge in [0.2, 0.25) is 0 Å². The van der Waals surface area contributed by atoms with Crippen LogP contribution in [0.1, 0.15) is 28.7 Å². The van der Waals surface area contributed by atoms with Crippen molar-refractivity contribution in [1.82, 2.24) is 0 Å². The largest absolute Gasteiger partial charge is 0.399 e. The monoisotopic (exact) mass is 267 g/mol. The summed E-state index contributed by atoms with van der Waals surface area (Å²) in [6, 6.07) is 14.0. The minimum atomic E-state index is 0.284. The summed E-state index contributed by atoms with van der Waals surface area (Å²) in [4.78, 5) is 12.1. The van der Waals surface area contributed by atoms with Crippen molar-refractivity contribution in [3.05, 3.63) is 64.7 Å². The zero-order valence-electron chi connectivity index (χ0n) is 12.1. The molecule has 0 aliphatic carbocycles. The van der Waals surface area contributed by atoms with Gasteiger partial charge in [-0.2, -0.15) is 0 Å². The highest BCUT2D eigenvalue weighted by Crippen LogP contribution is 2.12. The van der Waals surface area contributed by atoms with Gasteiger partial charge in [0.05, 0.1) is 0 Å². The van der Waals surface area contributed by atoms with E-state index in [2.05, 4.69) is 32.0 Å². The van der Waals surface area contributed by atoms with Crippen molar-refractivity contribution in [2.24, 2.45) is 0 Å². The number of nitrogens with two attached hydrogens (primary N) is 1. The van der Waals surface area contributed by atoms with Crippen LogP contribution in [0.3, 0.4) is 0 Å². The number of hydrogen-bond donors (Lipinski definition) is 1. The second-order valence-electron chi connectivity index (χ2n) is 5.45. The standard InChI is InChI=1S/C18H21NO/c1-13-9-14(2)11-16(10-13)12-18(20)8-5-15-3-6-17(19)7-4-15/h3-4,6-7,9-11H,5,8,12,19H2,1-2H3. The van der Waals surface area contributed by atoms with E-state index in [1.54, 1.807) is 0 Å². The highest BCUT2D eigenvalue weighted by atomic mass is 16.1. The summed E-state index contributed by atoms with van der Waals surface area (Å²) in [5, 5.41) is 0. The van der Waals surface area contributed by atoms with Crippen LogP contribution in [0.15, 0.2) is 42.5 Å². The predicted molar refractivity (Wildman–Crippen MR) is 83.8 cm³/mol. The first-order chi connectivity index (χ1) is 9.52. The topological polar surface area (TPSA) is 43.1 Å². The summed E-state index contributed by atoms with van der Waals surface area (Å²) in [5.41, 5.74) is 11.1. The van der Waals surface area contributed by atoms with Crippen LogP contribution in [0.4, 0.5) is 5.69 Å². The molecule has 0 fully saturated rings. The number of benzene rings is 2. The fourth-order valence-corrected chi connectivity index (χ4v) is 2.46. The van der Waals surface area contributed by atoms with Crippen molar-refractivity contribution in [3.63, 3.8) is 0 Å². The van der Waals surface area contributed by atoms with E-state index in [1.165, 1.54) is 11.1 Å². The van der Waals surface area contributed by atoms with E-state index in [4.69, 9.17) is 5.73 Å². The lowest BCUT2D eigenvalue weighted by Gasteiger charge is -2.05. The molecule has 0 saturated heterocycles. The smallest absolute Gasteiger partial charge is 0.137 e. The van der Waals surface area contributed by atoms with Gasteiger partial charge < -0.3 is 5.73 Å². The quantitative estimate of drug-likeness (QED) is 0.841. The maximum atomic E-state index is 12.1. The van der Waals surface area contributed by atoms with Gasteiger partial charge in [0.25, 0.3) is 0 Å². The number of aryl methyl sites for hydroxylation is 3. The Kier molecular flexibility index (Phi) is 4.57. The number of carbonyl (C=O) groups is 1. The molecule has 20 heavy (non-hydrogen) atoms. The van der Waals surface area contributed by atoms with Crippen molar-refractivity contribution in [1.29, 1.82) is 0 Å². The van der Waals surface area contributed by atoms with Crippen LogP contribution in [0, 0.1) is 13.8 Å². The van der Waals surface area contributed by atoms with E-state index < -0.39 is 0 Å². The second kappa shape index (κ2) is 6.38. The molecule has 0 atom stereocenters. The van der Waals surface area contributed by atoms with Crippen LogP contribution in [0.2, 0.25) is 0 Å². The molecule has 2 rings (SSSR count). The number of Topliss-reactive ketones (excluding diaryl/α,β-unsaturated/α-hetero) is 1. The summed E-state index contributed by atoms with van der Waals surface area (Å²) in [5.74, 6) is 0.284. The molecule has 0 aromatic heterocycles. The number of hydrogen-bond acceptors (Lipinski definition) is 2. The van der Waals surface area contributed by atoms with E-state index in [-0.39, 0.29) is 5.78 Å². The van der Waals surface area contributed by atoms with E-state index in [0.717, 1.165) is 23.2 Å². The molecule has 2 N–H and O–H groups in total. The molecule has 0 saturated carbocycles. The summed E-state index contributed by atoms with van der Waals surface area (Å²) < 4.78 is 0. The molecule has 2 nitrogen and oxygen atoms in total. The highest BCUT2D eigenvalue weighted by Gasteiger charge is 2.05. The van der Waals surface area contributed by atoms with Gasteiger partial charge in [-0.05, 0) is 43.5 Å². The molecular formula is C18H21NO. The van der Waals surface area contributed by atoms with Crippen molar-refractivity contribution in [2.45, 2.75) is 33.1 Å². The van der Waals surface area contributed by atoms with E-state index in [0.29, 0.717) is 12.8 Å². The Morgan fingerprint density at radius 3 is 2.15 bits per heavy atom. The minimum Gasteiger partial charge on any atom is -0.399 e. The van der Waals surface area contributed by atoms with E-state index >= 15 is 0 Å². The highest BCUT2D eigenvalue weighted by molar-refractivity contribution is 5.81. The Labute approximate surface area is 120 Å². The molecule has 0 aliphatic rings. The molecule has 0 aliphatic heterocycles. The zero-order valence-corrected chi connectivity index (χ0v) is 12.1. The van der Waals surface area contributed by atoms with Crippen LogP contribution in [0.25, 0.3) is 0 Å². The van der Waals surface area contributed by atoms with Gasteiger partial charge in [-0.1, -0.05) is 41.5 Å². The minimum absolute atomic E-state index is 0.284. The first kappa shape index (κ1) is 14.3. The molecule has 0 unspecified atom stereocenters. The lowest BCUT2D eigenvalue weighted by atomic mass is 10.00. The molecule has 2 heteroatoms. The summed E-state index contributed by atoms with van der Waals surface area (Å²) in [6.07, 6.45) is 1.89. The van der Waals surface area contributed by atoms with Crippen LogP contribution in [0.5, 0.6) is 0 Å². The molecule has 0 heterocycles. The summed E-state index contributed by atoms with van der Waals surface area (Å²) in [6.45, 7) is 4.13. The molecule has 0 radical (unpaired) electrons. The number of ketones is 1. The third-order valence-corrected chi connectivity index (χ3v) is 3.36. The predicted octanol–water partition coefficient (Wildman–Crippen LogP) is 3.63. The van der Waals surface area contributed by atoms with Crippen molar-refractivity contribution in [2.75, 3.05) is 5.73 Å². The molecule has 0 amide bonds. The van der Waals surface area contributed by atoms with Gasteiger partial charge in [-0.3, -0.25) is 4.79 Å². The van der Waals surface area contributed by atoms with Gasteiger partial charge >= 0.3 is 0 Å². The van der Waals surface area contributed by atoms with E-state index in [9.17, 15) is 4.79 Å². The Morgan fingerprint density at radius 1 is 0.950 bits per heavy atom. The second-order valence-corrected chi connectivity index (χ2v) is 5.45. The lowest BCUT2D eigenvalue weighted by Crippen LogP contribution is -2.05. The third-order valence-electron chi connectivity index (χ3n) is 3.36. The van der Waals surface area contributed by atoms with Crippen LogP contribution in [-0.2, 0) is 17.6 Å². The Morgan fingerprint density at radius 2 is 1.55 bits per heavy atom. The molecule has 0 bridgehead atoms. The average molecular weight is 267 g/mol. The van der Waals surface area contributed by atoms with Gasteiger partial charge in [-0.25, -0.2) is 0 Å². The molecule has 104 valence electrons. The van der Waals surface area contributed by atoms with Crippen LogP contribution in [-0.4, -0.2) is 5.78 Å². The first-order valence-electron chi connectivity index (χ1n) is 6.96. The fourth-order valence-electron chi connectivity index (χ4n) is 2.46. The van der Waals surface area contributed by atoms with Gasteiger partial charge in [0.15, 0.2) is 0 Å². The van der Waals surface area contributed by atoms with Crippen molar-refractivity contribution < 1.29 is 4.79 Å². The lowest BCUT2D eigenvalue weighted by molar-refractivity contribution is -0.118. The summed E-state index contributed by atoms with van der Waals surface area (Å²) >= 11 is 0. The normalized spacial score (nSPS) is 10.5. The number of nitrogen functional groups attached to an aromatic ring is 1. The first-order valence-corrected chi connectivity index (χ1v) is 6.96. The third kappa shape index (κ3) is 4.23. The Balaban J connectivity index is 1.90. The fraction of sp³-hybridized carbons (Fsp3) is 0.278. The maximum Gasteiger partial charge on any atom is 0.137 e. The SMILES string of the molecule is Cc1cc(C)cc(CC(=O)CCc2ccc(N)cc2)c1. The van der Waals surface area contributed by atoms with Crippen LogP contribution >= 0.6 is 0 Å². The summed E-state index contributed by atoms with van der Waals surface area (Å²) in [7, 11) is 0. The van der Waals surface area contributed by atoms with Crippen LogP contribution < -0.4 is 5.73 Å². The molecule has 2 aromatic carbocycles. The average Bonchev–Trinajstić information content (AvgIpc) is 2.37. The molecular weight excluding hydrogens is 246 g/mol. The Bertz CT molecular complexity index is 579. The van der Waals surface area contributed by atoms with Crippen molar-refractivity contribution >= 4 is 11.5 Å². The van der Waals surface area contributed by atoms with Gasteiger partial charge in [0.1, 0.15) is 5.78 Å². The Hall–Kier alpha value is -2.09. The number of anilines is 1. The molecule has 2 aromatic rings. The maximum absolute atomic E-state index is 12.1. The zero-order chi connectivity index (χ0) is 14.5. The van der Waals surface area contributed by atoms with Gasteiger partial charge in [0, 0.05) is 18.5 Å².